The molecule has 0 aliphatic heterocycles. The lowest BCUT2D eigenvalue weighted by molar-refractivity contribution is -0.134. The van der Waals surface area contributed by atoms with Crippen LogP contribution in [-0.2, 0) is 9.53 Å². The van der Waals surface area contributed by atoms with Gasteiger partial charge in [0.2, 0.25) is 0 Å². The third kappa shape index (κ3) is 5.13. The summed E-state index contributed by atoms with van der Waals surface area (Å²) in [6.07, 6.45) is 1.70. The predicted octanol–water partition coefficient (Wildman–Crippen LogP) is 0.877. The minimum Gasteiger partial charge on any atom is -0.466 e. The Morgan fingerprint density at radius 1 is 1.35 bits per heavy atom. The van der Waals surface area contributed by atoms with Crippen molar-refractivity contribution in [3.05, 3.63) is 41.5 Å². The van der Waals surface area contributed by atoms with Gasteiger partial charge in [0, 0.05) is 6.08 Å². The average Bonchev–Trinajstić information content (AvgIpc) is 2.49. The maximum absolute atomic E-state index is 11.0. The number of ether oxygens (including phenoxy) is 1. The van der Waals surface area contributed by atoms with Crippen molar-refractivity contribution in [1.82, 2.24) is 5.32 Å². The Morgan fingerprint density at radius 3 is 2.55 bits per heavy atom. The van der Waals surface area contributed by atoms with Crippen LogP contribution in [0, 0.1) is 0 Å². The van der Waals surface area contributed by atoms with Crippen LogP contribution >= 0.6 is 0 Å². The van der Waals surface area contributed by atoms with Gasteiger partial charge >= 0.3 is 5.97 Å². The van der Waals surface area contributed by atoms with E-state index >= 15 is 0 Å². The number of benzene rings is 1. The molecular formula is C15H21NO4. The summed E-state index contributed by atoms with van der Waals surface area (Å²) in [6, 6.07) is 6.99. The Morgan fingerprint density at radius 2 is 2.00 bits per heavy atom. The lowest BCUT2D eigenvalue weighted by atomic mass is 10.0. The molecule has 1 aromatic rings. The van der Waals surface area contributed by atoms with Crippen molar-refractivity contribution in [1.29, 1.82) is 0 Å². The van der Waals surface area contributed by atoms with Gasteiger partial charge < -0.3 is 20.3 Å². The summed E-state index contributed by atoms with van der Waals surface area (Å²) < 4.78 is 4.50. The second kappa shape index (κ2) is 8.47. The van der Waals surface area contributed by atoms with E-state index in [2.05, 4.69) is 10.1 Å². The molecule has 110 valence electrons. The summed E-state index contributed by atoms with van der Waals surface area (Å²) in [5.41, 5.74) is 1.46. The second-order valence-electron chi connectivity index (χ2n) is 4.43. The minimum atomic E-state index is -0.915. The van der Waals surface area contributed by atoms with E-state index in [1.807, 2.05) is 0 Å². The molecule has 1 aromatic carbocycles. The normalized spacial score (nSPS) is 14.2. The van der Waals surface area contributed by atoms with Crippen LogP contribution in [0.25, 0.3) is 6.08 Å². The van der Waals surface area contributed by atoms with E-state index in [1.54, 1.807) is 37.4 Å². The fourth-order valence-corrected chi connectivity index (χ4v) is 1.71. The molecule has 1 rings (SSSR count). The Hall–Kier alpha value is -1.69. The zero-order chi connectivity index (χ0) is 15.0. The van der Waals surface area contributed by atoms with E-state index in [-0.39, 0.29) is 0 Å². The van der Waals surface area contributed by atoms with Crippen molar-refractivity contribution in [3.63, 3.8) is 0 Å². The van der Waals surface area contributed by atoms with Crippen molar-refractivity contribution in [2.45, 2.75) is 18.6 Å². The number of aliphatic hydroxyl groups is 2. The third-order valence-corrected chi connectivity index (χ3v) is 2.95. The largest absolute Gasteiger partial charge is 0.466 e. The molecule has 0 saturated carbocycles. The predicted molar refractivity (Wildman–Crippen MR) is 77.0 cm³/mol. The number of carbonyl (C=O) groups is 1. The first-order valence-electron chi connectivity index (χ1n) is 6.45. The molecule has 0 spiro atoms. The smallest absolute Gasteiger partial charge is 0.330 e. The maximum atomic E-state index is 11.0. The van der Waals surface area contributed by atoms with Gasteiger partial charge in [-0.1, -0.05) is 24.3 Å². The minimum absolute atomic E-state index is 0.420. The van der Waals surface area contributed by atoms with E-state index in [0.717, 1.165) is 5.56 Å². The Kier molecular flexibility index (Phi) is 6.93. The van der Waals surface area contributed by atoms with Crippen LogP contribution in [0.2, 0.25) is 0 Å². The Bertz CT molecular complexity index is 442. The number of rotatable bonds is 7. The number of nitrogens with one attached hydrogen (secondary N) is 1. The summed E-state index contributed by atoms with van der Waals surface area (Å²) in [7, 11) is 3.11. The molecule has 0 radical (unpaired) electrons. The monoisotopic (exact) mass is 279 g/mol. The number of carbonyl (C=O) groups excluding carboxylic acids is 1. The van der Waals surface area contributed by atoms with Gasteiger partial charge in [0.25, 0.3) is 0 Å². The van der Waals surface area contributed by atoms with Crippen molar-refractivity contribution >= 4 is 12.0 Å². The topological polar surface area (TPSA) is 78.8 Å². The van der Waals surface area contributed by atoms with Crippen LogP contribution in [0.5, 0.6) is 0 Å². The van der Waals surface area contributed by atoms with Crippen LogP contribution in [0.15, 0.2) is 30.3 Å². The van der Waals surface area contributed by atoms with Crippen LogP contribution < -0.4 is 5.32 Å². The van der Waals surface area contributed by atoms with Gasteiger partial charge in [0.05, 0.1) is 13.2 Å². The van der Waals surface area contributed by atoms with Gasteiger partial charge in [-0.05, 0) is 37.2 Å². The second-order valence-corrected chi connectivity index (χ2v) is 4.43. The molecule has 0 saturated heterocycles. The summed E-state index contributed by atoms with van der Waals surface area (Å²) in [5, 5.41) is 22.7. The summed E-state index contributed by atoms with van der Waals surface area (Å²) in [5.74, 6) is -0.420. The molecule has 5 heteroatoms. The van der Waals surface area contributed by atoms with E-state index in [9.17, 15) is 15.0 Å². The first-order chi connectivity index (χ1) is 9.58. The van der Waals surface area contributed by atoms with Crippen molar-refractivity contribution in [2.75, 3.05) is 20.7 Å². The van der Waals surface area contributed by atoms with E-state index < -0.39 is 18.2 Å². The summed E-state index contributed by atoms with van der Waals surface area (Å²) >= 11 is 0. The molecule has 0 aromatic heterocycles. The van der Waals surface area contributed by atoms with Gasteiger partial charge in [-0.3, -0.25) is 0 Å². The third-order valence-electron chi connectivity index (χ3n) is 2.95. The van der Waals surface area contributed by atoms with Crippen molar-refractivity contribution in [3.8, 4) is 0 Å². The van der Waals surface area contributed by atoms with Gasteiger partial charge in [-0.2, -0.15) is 0 Å². The highest BCUT2D eigenvalue weighted by molar-refractivity contribution is 5.86. The number of aliphatic hydroxyl groups excluding tert-OH is 2. The van der Waals surface area contributed by atoms with Crippen LogP contribution in [0.3, 0.4) is 0 Å². The number of methoxy groups -OCH3 is 1. The van der Waals surface area contributed by atoms with E-state index in [0.29, 0.717) is 18.5 Å². The molecule has 20 heavy (non-hydrogen) atoms. The molecule has 2 atom stereocenters. The first-order valence-corrected chi connectivity index (χ1v) is 6.45. The standard InChI is InChI=1S/C15H21NO4/c1-16-10-9-13(17)15(19)12-6-3-11(4-7-12)5-8-14(18)20-2/h3-8,13,15-17,19H,9-10H2,1-2H3/b8-5+. The van der Waals surface area contributed by atoms with Crippen LogP contribution in [-0.4, -0.2) is 43.0 Å². The molecule has 0 bridgehead atoms. The molecule has 0 fully saturated rings. The molecule has 2 unspecified atom stereocenters. The van der Waals surface area contributed by atoms with E-state index in [4.69, 9.17) is 0 Å². The molecular weight excluding hydrogens is 258 g/mol. The zero-order valence-corrected chi connectivity index (χ0v) is 11.7. The first kappa shape index (κ1) is 16.4. The number of hydrogen-bond acceptors (Lipinski definition) is 5. The molecule has 3 N–H and O–H groups in total. The molecule has 0 heterocycles. The highest BCUT2D eigenvalue weighted by atomic mass is 16.5. The Balaban J connectivity index is 2.65. The summed E-state index contributed by atoms with van der Waals surface area (Å²) in [4.78, 5) is 11.0. The van der Waals surface area contributed by atoms with Crippen molar-refractivity contribution in [2.24, 2.45) is 0 Å². The van der Waals surface area contributed by atoms with Crippen molar-refractivity contribution < 1.29 is 19.7 Å². The van der Waals surface area contributed by atoms with Gasteiger partial charge in [-0.25, -0.2) is 4.79 Å². The molecule has 0 aliphatic rings. The zero-order valence-electron chi connectivity index (χ0n) is 11.7. The van der Waals surface area contributed by atoms with E-state index in [1.165, 1.54) is 13.2 Å². The SMILES string of the molecule is CNCCC(O)C(O)c1ccc(/C=C/C(=O)OC)cc1. The van der Waals surface area contributed by atoms with Gasteiger partial charge in [0.1, 0.15) is 6.10 Å². The van der Waals surface area contributed by atoms with Crippen LogP contribution in [0.1, 0.15) is 23.7 Å². The molecule has 0 amide bonds. The fourth-order valence-electron chi connectivity index (χ4n) is 1.71. The average molecular weight is 279 g/mol. The number of hydrogen-bond donors (Lipinski definition) is 3. The van der Waals surface area contributed by atoms with Crippen LogP contribution in [0.4, 0.5) is 0 Å². The highest BCUT2D eigenvalue weighted by Gasteiger charge is 2.17. The summed E-state index contributed by atoms with van der Waals surface area (Å²) in [6.45, 7) is 0.637. The fraction of sp³-hybridized carbons (Fsp3) is 0.400. The molecule has 5 nitrogen and oxygen atoms in total. The lowest BCUT2D eigenvalue weighted by Crippen LogP contribution is -2.23. The Labute approximate surface area is 118 Å². The quantitative estimate of drug-likeness (QED) is 0.510. The van der Waals surface area contributed by atoms with Gasteiger partial charge in [0.15, 0.2) is 0 Å². The lowest BCUT2D eigenvalue weighted by Gasteiger charge is -2.18. The van der Waals surface area contributed by atoms with Gasteiger partial charge in [-0.15, -0.1) is 0 Å². The maximum Gasteiger partial charge on any atom is 0.330 e. The molecule has 0 aliphatic carbocycles. The number of esters is 1. The highest BCUT2D eigenvalue weighted by Crippen LogP contribution is 2.19.